The number of hydrogen-bond donors (Lipinski definition) is 1. The van der Waals surface area contributed by atoms with Gasteiger partial charge in [-0.2, -0.15) is 5.10 Å². The maximum Gasteiger partial charge on any atom is 0.131 e. The number of rotatable bonds is 6. The first kappa shape index (κ1) is 14.2. The average Bonchev–Trinajstić information content (AvgIpc) is 3.08. The number of nitrogens with zero attached hydrogens (tertiary/aromatic N) is 4. The van der Waals surface area contributed by atoms with E-state index in [0.29, 0.717) is 12.0 Å². The van der Waals surface area contributed by atoms with Crippen molar-refractivity contribution < 1.29 is 0 Å². The van der Waals surface area contributed by atoms with E-state index in [1.54, 1.807) is 0 Å². The molecule has 2 N–H and O–H groups in total. The first-order chi connectivity index (χ1) is 10.1. The summed E-state index contributed by atoms with van der Waals surface area (Å²) < 4.78 is 4.18. The lowest BCUT2D eigenvalue weighted by atomic mass is 10.2. The summed E-state index contributed by atoms with van der Waals surface area (Å²) >= 11 is 0. The maximum absolute atomic E-state index is 6.39. The predicted octanol–water partition coefficient (Wildman–Crippen LogP) is 3.59. The highest BCUT2D eigenvalue weighted by Crippen LogP contribution is 2.42. The van der Waals surface area contributed by atoms with Gasteiger partial charge in [0.25, 0.3) is 0 Å². The van der Waals surface area contributed by atoms with E-state index in [4.69, 9.17) is 10.7 Å². The predicted molar refractivity (Wildman–Crippen MR) is 85.1 cm³/mol. The number of imidazole rings is 1. The second kappa shape index (κ2) is 5.54. The van der Waals surface area contributed by atoms with Crippen LogP contribution in [0.5, 0.6) is 0 Å². The molecule has 0 aliphatic heterocycles. The Morgan fingerprint density at radius 3 is 2.71 bits per heavy atom. The third kappa shape index (κ3) is 2.69. The van der Waals surface area contributed by atoms with E-state index in [0.717, 1.165) is 30.0 Å². The highest BCUT2D eigenvalue weighted by atomic mass is 15.3. The van der Waals surface area contributed by atoms with Crippen LogP contribution in [0.3, 0.4) is 0 Å². The van der Waals surface area contributed by atoms with E-state index in [1.807, 2.05) is 17.1 Å². The van der Waals surface area contributed by atoms with Gasteiger partial charge in [0.1, 0.15) is 17.3 Å². The summed E-state index contributed by atoms with van der Waals surface area (Å²) in [6.07, 6.45) is 8.72. The van der Waals surface area contributed by atoms with Crippen molar-refractivity contribution in [3.05, 3.63) is 18.2 Å². The molecule has 2 aromatic rings. The zero-order valence-electron chi connectivity index (χ0n) is 13.2. The molecule has 0 bridgehead atoms. The van der Waals surface area contributed by atoms with Crippen molar-refractivity contribution in [3.8, 4) is 11.3 Å². The molecule has 1 fully saturated rings. The van der Waals surface area contributed by atoms with E-state index >= 15 is 0 Å². The summed E-state index contributed by atoms with van der Waals surface area (Å²) in [6.45, 7) is 7.42. The molecule has 1 saturated carbocycles. The maximum atomic E-state index is 6.39. The second-order valence-electron chi connectivity index (χ2n) is 6.29. The summed E-state index contributed by atoms with van der Waals surface area (Å²) in [4.78, 5) is 4.85. The van der Waals surface area contributed by atoms with E-state index in [1.165, 1.54) is 25.1 Å². The SMILES string of the molecule is CCCCn1c(C2CC2)nc(-c2cnn(C(C)C)c2)c1N. The van der Waals surface area contributed by atoms with Crippen molar-refractivity contribution in [2.75, 3.05) is 5.73 Å². The molecule has 0 saturated heterocycles. The monoisotopic (exact) mass is 287 g/mol. The molecule has 0 unspecified atom stereocenters. The minimum atomic E-state index is 0.352. The molecule has 3 rings (SSSR count). The topological polar surface area (TPSA) is 61.7 Å². The Kier molecular flexibility index (Phi) is 3.74. The fourth-order valence-corrected chi connectivity index (χ4v) is 2.64. The lowest BCUT2D eigenvalue weighted by Gasteiger charge is -2.08. The Morgan fingerprint density at radius 2 is 2.14 bits per heavy atom. The second-order valence-corrected chi connectivity index (χ2v) is 6.29. The fourth-order valence-electron chi connectivity index (χ4n) is 2.64. The van der Waals surface area contributed by atoms with Gasteiger partial charge in [-0.1, -0.05) is 13.3 Å². The smallest absolute Gasteiger partial charge is 0.131 e. The molecule has 1 aliphatic carbocycles. The Morgan fingerprint density at radius 1 is 1.38 bits per heavy atom. The molecular weight excluding hydrogens is 262 g/mol. The van der Waals surface area contributed by atoms with Crippen molar-refractivity contribution in [2.24, 2.45) is 0 Å². The lowest BCUT2D eigenvalue weighted by Crippen LogP contribution is -2.06. The van der Waals surface area contributed by atoms with Crippen LogP contribution >= 0.6 is 0 Å². The minimum Gasteiger partial charge on any atom is -0.383 e. The highest BCUT2D eigenvalue weighted by molar-refractivity contribution is 5.70. The molecule has 2 aromatic heterocycles. The lowest BCUT2D eigenvalue weighted by molar-refractivity contribution is 0.532. The summed E-state index contributed by atoms with van der Waals surface area (Å²) in [5, 5.41) is 4.41. The molecule has 0 spiro atoms. The van der Waals surface area contributed by atoms with E-state index in [2.05, 4.69) is 30.4 Å². The number of unbranched alkanes of at least 4 members (excludes halogenated alkanes) is 1. The van der Waals surface area contributed by atoms with E-state index in [9.17, 15) is 0 Å². The Balaban J connectivity index is 1.97. The van der Waals surface area contributed by atoms with Gasteiger partial charge >= 0.3 is 0 Å². The molecule has 0 atom stereocenters. The van der Waals surface area contributed by atoms with Crippen LogP contribution in [0, 0.1) is 0 Å². The molecule has 114 valence electrons. The number of aromatic nitrogens is 4. The van der Waals surface area contributed by atoms with Crippen molar-refractivity contribution in [1.82, 2.24) is 19.3 Å². The van der Waals surface area contributed by atoms with Crippen LogP contribution in [0.2, 0.25) is 0 Å². The standard InChI is InChI=1S/C16H25N5/c1-4-5-8-20-15(17)14(19-16(20)12-6-7-12)13-9-18-21(10-13)11(2)3/h9-12H,4-8,17H2,1-3H3. The largest absolute Gasteiger partial charge is 0.383 e. The van der Waals surface area contributed by atoms with Gasteiger partial charge in [-0.15, -0.1) is 0 Å². The Hall–Kier alpha value is -1.78. The van der Waals surface area contributed by atoms with Crippen LogP contribution in [0.25, 0.3) is 11.3 Å². The molecule has 5 nitrogen and oxygen atoms in total. The summed E-state index contributed by atoms with van der Waals surface area (Å²) in [5.74, 6) is 2.58. The van der Waals surface area contributed by atoms with Gasteiger partial charge in [-0.05, 0) is 33.1 Å². The molecule has 1 aliphatic rings. The summed E-state index contributed by atoms with van der Waals surface area (Å²) in [5.41, 5.74) is 8.32. The normalized spacial score (nSPS) is 15.0. The van der Waals surface area contributed by atoms with Gasteiger partial charge in [0.15, 0.2) is 0 Å². The zero-order chi connectivity index (χ0) is 15.0. The third-order valence-corrected chi connectivity index (χ3v) is 4.12. The average molecular weight is 287 g/mol. The van der Waals surface area contributed by atoms with Crippen LogP contribution in [0.4, 0.5) is 5.82 Å². The highest BCUT2D eigenvalue weighted by Gasteiger charge is 2.31. The Bertz CT molecular complexity index is 619. The fraction of sp³-hybridized carbons (Fsp3) is 0.625. The van der Waals surface area contributed by atoms with Gasteiger partial charge in [-0.25, -0.2) is 4.98 Å². The third-order valence-electron chi connectivity index (χ3n) is 4.12. The van der Waals surface area contributed by atoms with Gasteiger partial charge in [0.05, 0.1) is 6.20 Å². The molecule has 2 heterocycles. The molecule has 21 heavy (non-hydrogen) atoms. The number of hydrogen-bond acceptors (Lipinski definition) is 3. The Labute approximate surface area is 126 Å². The summed E-state index contributed by atoms with van der Waals surface area (Å²) in [7, 11) is 0. The van der Waals surface area contributed by atoms with Gasteiger partial charge in [-0.3, -0.25) is 4.68 Å². The van der Waals surface area contributed by atoms with Crippen molar-refractivity contribution in [3.63, 3.8) is 0 Å². The van der Waals surface area contributed by atoms with Gasteiger partial charge in [0, 0.05) is 30.3 Å². The molecule has 5 heteroatoms. The number of nitrogens with two attached hydrogens (primary N) is 1. The first-order valence-corrected chi connectivity index (χ1v) is 8.02. The minimum absolute atomic E-state index is 0.352. The van der Waals surface area contributed by atoms with Crippen molar-refractivity contribution in [2.45, 2.75) is 65.0 Å². The first-order valence-electron chi connectivity index (χ1n) is 8.02. The van der Waals surface area contributed by atoms with Gasteiger partial charge < -0.3 is 10.3 Å². The molecule has 0 amide bonds. The van der Waals surface area contributed by atoms with Crippen molar-refractivity contribution >= 4 is 5.82 Å². The van der Waals surface area contributed by atoms with Crippen LogP contribution in [0.1, 0.15) is 64.2 Å². The van der Waals surface area contributed by atoms with Crippen LogP contribution in [-0.2, 0) is 6.54 Å². The quantitative estimate of drug-likeness (QED) is 0.883. The van der Waals surface area contributed by atoms with Crippen LogP contribution in [0.15, 0.2) is 12.4 Å². The zero-order valence-corrected chi connectivity index (χ0v) is 13.2. The van der Waals surface area contributed by atoms with E-state index < -0.39 is 0 Å². The molecular formula is C16H25N5. The van der Waals surface area contributed by atoms with Crippen LogP contribution < -0.4 is 5.73 Å². The van der Waals surface area contributed by atoms with Crippen LogP contribution in [-0.4, -0.2) is 19.3 Å². The molecule has 0 radical (unpaired) electrons. The van der Waals surface area contributed by atoms with E-state index in [-0.39, 0.29) is 0 Å². The summed E-state index contributed by atoms with van der Waals surface area (Å²) in [6, 6.07) is 0.352. The number of nitrogen functional groups attached to an aromatic ring is 1. The molecule has 0 aromatic carbocycles. The number of anilines is 1. The van der Waals surface area contributed by atoms with Gasteiger partial charge in [0.2, 0.25) is 0 Å². The van der Waals surface area contributed by atoms with Crippen molar-refractivity contribution in [1.29, 1.82) is 0 Å².